The van der Waals surface area contributed by atoms with E-state index in [1.54, 1.807) is 6.07 Å². The van der Waals surface area contributed by atoms with Gasteiger partial charge in [0.1, 0.15) is 12.1 Å². The molecule has 1 unspecified atom stereocenters. The van der Waals surface area contributed by atoms with Crippen molar-refractivity contribution < 1.29 is 19.1 Å². The molecule has 0 bridgehead atoms. The first kappa shape index (κ1) is 38.3. The summed E-state index contributed by atoms with van der Waals surface area (Å²) in [4.78, 5) is 59.4. The molecule has 13 heteroatoms. The van der Waals surface area contributed by atoms with E-state index < -0.39 is 6.04 Å². The highest BCUT2D eigenvalue weighted by molar-refractivity contribution is 6.23. The molecule has 1 N–H and O–H groups in total. The van der Waals surface area contributed by atoms with E-state index in [1.807, 2.05) is 36.8 Å². The van der Waals surface area contributed by atoms with Crippen molar-refractivity contribution in [2.45, 2.75) is 62.8 Å². The largest absolute Gasteiger partial charge is 0.474 e. The summed E-state index contributed by atoms with van der Waals surface area (Å²) in [5.74, 6) is -0.407. The molecule has 7 heterocycles. The van der Waals surface area contributed by atoms with Crippen molar-refractivity contribution in [3.05, 3.63) is 96.6 Å². The minimum absolute atomic E-state index is 0.217. The Morgan fingerprint density at radius 1 is 0.836 bits per heavy atom. The third-order valence-electron chi connectivity index (χ3n) is 14.8. The minimum Gasteiger partial charge on any atom is -0.474 e. The van der Waals surface area contributed by atoms with Gasteiger partial charge >= 0.3 is 0 Å². The molecule has 3 amide bonds. The van der Waals surface area contributed by atoms with Crippen LogP contribution >= 0.6 is 0 Å². The molecule has 1 spiro atoms. The van der Waals surface area contributed by atoms with Gasteiger partial charge in [-0.1, -0.05) is 18.7 Å². The number of amides is 3. The van der Waals surface area contributed by atoms with Crippen molar-refractivity contribution >= 4 is 45.2 Å². The number of nitrogens with zero attached hydrogens (tertiary/aromatic N) is 8. The van der Waals surface area contributed by atoms with E-state index in [9.17, 15) is 14.4 Å². The molecule has 314 valence electrons. The number of likely N-dealkylation sites (tertiary alicyclic amines) is 1. The predicted molar refractivity (Wildman–Crippen MR) is 234 cm³/mol. The quantitative estimate of drug-likeness (QED) is 0.186. The van der Waals surface area contributed by atoms with Gasteiger partial charge in [-0.2, -0.15) is 0 Å². The van der Waals surface area contributed by atoms with E-state index >= 15 is 0 Å². The van der Waals surface area contributed by atoms with Gasteiger partial charge in [-0.05, 0) is 80.1 Å². The smallest absolute Gasteiger partial charge is 0.262 e. The summed E-state index contributed by atoms with van der Waals surface area (Å²) in [5, 5.41) is 5.09. The molecule has 0 radical (unpaired) electrons. The van der Waals surface area contributed by atoms with Crippen molar-refractivity contribution in [3.63, 3.8) is 0 Å². The van der Waals surface area contributed by atoms with Crippen LogP contribution in [-0.2, 0) is 11.8 Å². The molecule has 5 fully saturated rings. The number of anilines is 1. The number of carbonyl (C=O) groups is 3. The first-order valence-electron chi connectivity index (χ1n) is 22.0. The van der Waals surface area contributed by atoms with Crippen LogP contribution in [0.2, 0.25) is 0 Å². The van der Waals surface area contributed by atoms with Crippen molar-refractivity contribution in [1.82, 2.24) is 39.5 Å². The molecule has 1 atom stereocenters. The Labute approximate surface area is 355 Å². The van der Waals surface area contributed by atoms with Crippen LogP contribution in [0, 0.1) is 5.41 Å². The summed E-state index contributed by atoms with van der Waals surface area (Å²) in [6.45, 7) is 12.1. The van der Waals surface area contributed by atoms with Gasteiger partial charge in [-0.3, -0.25) is 29.2 Å². The van der Waals surface area contributed by atoms with Gasteiger partial charge < -0.3 is 29.3 Å². The van der Waals surface area contributed by atoms with Gasteiger partial charge in [-0.25, -0.2) is 4.98 Å². The third-order valence-corrected chi connectivity index (χ3v) is 14.8. The number of nitrogens with one attached hydrogen (secondary N) is 1. The first-order chi connectivity index (χ1) is 29.6. The normalized spacial score (nSPS) is 24.3. The monoisotopic (exact) mass is 819 g/mol. The van der Waals surface area contributed by atoms with Gasteiger partial charge in [0.2, 0.25) is 11.8 Å². The number of carbonyl (C=O) groups excluding carboxylic acids is 3. The second-order valence-electron chi connectivity index (χ2n) is 18.6. The standard InChI is InChI=1S/C48H53N9O4/c1-30-4-10-42(45(58)51-30)57-46(59)38-9-7-33(23-39(38)47(57)60)56-18-16-54(17-19-56)14-15-55-28-48(29-55)24-35(25-48)52(2)34-21-36(22-34)61-44-11-6-32(26-50-44)31-5-8-37-40-27-49-13-12-41(40)53(3)43(37)20-31/h5-9,11-13,20,23,26-27,34-36,42H,1,4,10,14-19,21-22,24-25,28-29H2,2-3H3,(H,51,58). The Bertz CT molecular complexity index is 2580. The lowest BCUT2D eigenvalue weighted by Gasteiger charge is -2.62. The average molecular weight is 820 g/mol. The highest BCUT2D eigenvalue weighted by Crippen LogP contribution is 2.51. The summed E-state index contributed by atoms with van der Waals surface area (Å²) in [7, 11) is 4.42. The SMILES string of the molecule is C=C1CCC(N2C(=O)c3ccc(N4CCN(CCN5CC6(CC(N(C)C7CC(Oc8ccc(-c9ccc%10c%11cnccc%11n(C)c%10c9)cn8)C7)C6)C5)CC4)cc3C2=O)C(=O)N1. The molecule has 61 heavy (non-hydrogen) atoms. The van der Waals surface area contributed by atoms with Crippen LogP contribution < -0.4 is 15.0 Å². The number of rotatable bonds is 10. The van der Waals surface area contributed by atoms with Crippen LogP contribution in [0.4, 0.5) is 5.69 Å². The number of aryl methyl sites for hydroxylation is 1. The molecule has 3 aromatic heterocycles. The van der Waals surface area contributed by atoms with Crippen LogP contribution in [0.15, 0.2) is 85.5 Å². The molecular weight excluding hydrogens is 767 g/mol. The lowest BCUT2D eigenvalue weighted by Crippen LogP contribution is -2.68. The zero-order valence-corrected chi connectivity index (χ0v) is 35.1. The lowest BCUT2D eigenvalue weighted by molar-refractivity contribution is -0.125. The van der Waals surface area contributed by atoms with E-state index in [4.69, 9.17) is 9.72 Å². The fraction of sp³-hybridized carbons (Fsp3) is 0.438. The van der Waals surface area contributed by atoms with E-state index in [-0.39, 0.29) is 23.8 Å². The number of ether oxygens (including phenoxy) is 1. The maximum absolute atomic E-state index is 13.4. The maximum atomic E-state index is 13.4. The van der Waals surface area contributed by atoms with Crippen LogP contribution in [-0.4, -0.2) is 135 Å². The van der Waals surface area contributed by atoms with Gasteiger partial charge in [-0.15, -0.1) is 0 Å². The number of imide groups is 1. The zero-order chi connectivity index (χ0) is 41.6. The first-order valence-corrected chi connectivity index (χ1v) is 22.0. The van der Waals surface area contributed by atoms with Crippen LogP contribution in [0.25, 0.3) is 32.9 Å². The Hall–Kier alpha value is -5.63. The second kappa shape index (κ2) is 14.8. The molecule has 2 saturated carbocycles. The molecular formula is C48H53N9O4. The molecule has 13 nitrogen and oxygen atoms in total. The Morgan fingerprint density at radius 3 is 2.38 bits per heavy atom. The van der Waals surface area contributed by atoms with Gasteiger partial charge in [0.25, 0.3) is 11.8 Å². The fourth-order valence-corrected chi connectivity index (χ4v) is 11.1. The summed E-state index contributed by atoms with van der Waals surface area (Å²) in [6, 6.07) is 18.8. The number of aromatic nitrogens is 3. The number of piperazine rings is 1. The van der Waals surface area contributed by atoms with Gasteiger partial charge in [0.05, 0.1) is 16.6 Å². The topological polar surface area (TPSA) is 119 Å². The maximum Gasteiger partial charge on any atom is 0.262 e. The van der Waals surface area contributed by atoms with E-state index in [2.05, 4.69) is 85.5 Å². The molecule has 2 aliphatic carbocycles. The molecule has 4 aliphatic heterocycles. The molecule has 3 saturated heterocycles. The van der Waals surface area contributed by atoms with Crippen molar-refractivity contribution in [1.29, 1.82) is 0 Å². The highest BCUT2D eigenvalue weighted by Gasteiger charge is 2.54. The van der Waals surface area contributed by atoms with E-state index in [0.29, 0.717) is 53.0 Å². The minimum atomic E-state index is -0.793. The van der Waals surface area contributed by atoms with Crippen LogP contribution in [0.3, 0.4) is 0 Å². The summed E-state index contributed by atoms with van der Waals surface area (Å²) in [6.07, 6.45) is 11.6. The zero-order valence-electron chi connectivity index (χ0n) is 35.1. The van der Waals surface area contributed by atoms with Gasteiger partial charge in [0.15, 0.2) is 0 Å². The molecule has 6 aliphatic rings. The average Bonchev–Trinajstić information content (AvgIpc) is 3.65. The number of benzene rings is 2. The lowest BCUT2D eigenvalue weighted by atomic mass is 9.60. The van der Waals surface area contributed by atoms with Crippen molar-refractivity contribution in [2.24, 2.45) is 12.5 Å². The number of hydrogen-bond acceptors (Lipinski definition) is 10. The number of fused-ring (bicyclic) bond motifs is 4. The van der Waals surface area contributed by atoms with Gasteiger partial charge in [0, 0.05) is 142 Å². The predicted octanol–water partition coefficient (Wildman–Crippen LogP) is 5.31. The van der Waals surface area contributed by atoms with E-state index in [1.165, 1.54) is 47.7 Å². The number of piperidine rings is 1. The summed E-state index contributed by atoms with van der Waals surface area (Å²) in [5.41, 5.74) is 7.43. The second-order valence-corrected chi connectivity index (χ2v) is 18.6. The van der Waals surface area contributed by atoms with Crippen molar-refractivity contribution in [3.8, 4) is 17.0 Å². The summed E-state index contributed by atoms with van der Waals surface area (Å²) < 4.78 is 8.55. The number of pyridine rings is 2. The Kier molecular flexibility index (Phi) is 9.28. The Morgan fingerprint density at radius 2 is 1.61 bits per heavy atom. The van der Waals surface area contributed by atoms with Crippen LogP contribution in [0.5, 0.6) is 5.88 Å². The number of allylic oxidation sites excluding steroid dienone is 1. The third kappa shape index (κ3) is 6.68. The fourth-order valence-electron chi connectivity index (χ4n) is 11.1. The summed E-state index contributed by atoms with van der Waals surface area (Å²) >= 11 is 0. The Balaban J connectivity index is 0.594. The molecule has 5 aromatic rings. The molecule has 11 rings (SSSR count). The van der Waals surface area contributed by atoms with Crippen LogP contribution in [0.1, 0.15) is 59.2 Å². The highest BCUT2D eigenvalue weighted by atomic mass is 16.5. The van der Waals surface area contributed by atoms with E-state index in [0.717, 1.165) is 73.8 Å². The van der Waals surface area contributed by atoms with Crippen molar-refractivity contribution in [2.75, 3.05) is 64.3 Å². The number of hydrogen-bond donors (Lipinski definition) is 1. The molecule has 2 aromatic carbocycles.